The van der Waals surface area contributed by atoms with Crippen LogP contribution in [-0.2, 0) is 4.79 Å². The Balaban J connectivity index is 3.08. The molecule has 2 N–H and O–H groups in total. The number of ketones is 1. The first kappa shape index (κ1) is 10.6. The zero-order valence-electron chi connectivity index (χ0n) is 7.60. The summed E-state index contributed by atoms with van der Waals surface area (Å²) in [6.45, 7) is 3.91. The highest BCUT2D eigenvalue weighted by Gasteiger charge is 1.98. The molecule has 2 heteroatoms. The number of rotatable bonds is 6. The fourth-order valence-corrected chi connectivity index (χ4v) is 0.965. The molecule has 0 spiro atoms. The van der Waals surface area contributed by atoms with Gasteiger partial charge in [-0.1, -0.05) is 13.3 Å². The molecule has 0 aliphatic heterocycles. The molecule has 0 bridgehead atoms. The number of carbonyl (C=O) groups is 1. The lowest BCUT2D eigenvalue weighted by atomic mass is 10.1. The van der Waals surface area contributed by atoms with Gasteiger partial charge in [0.1, 0.15) is 5.78 Å². The highest BCUT2D eigenvalue weighted by atomic mass is 16.1. The number of hydrogen-bond acceptors (Lipinski definition) is 2. The van der Waals surface area contributed by atoms with Gasteiger partial charge in [0.15, 0.2) is 0 Å². The molecule has 0 aromatic carbocycles. The number of unbranched alkanes of at least 4 members (excludes halogenated alkanes) is 1. The minimum atomic E-state index is 0.284. The van der Waals surface area contributed by atoms with Crippen LogP contribution in [0.2, 0.25) is 0 Å². The van der Waals surface area contributed by atoms with Crippen LogP contribution in [-0.4, -0.2) is 11.8 Å². The van der Waals surface area contributed by atoms with E-state index in [1.807, 2.05) is 13.8 Å². The van der Waals surface area contributed by atoms with Gasteiger partial charge in [-0.05, 0) is 19.8 Å². The standard InChI is InChI=1S/C9H19NO/c1-3-9(11)7-5-4-6-8(2)10/h8H,3-7,10H2,1-2H3. The Morgan fingerprint density at radius 2 is 2.09 bits per heavy atom. The average molecular weight is 157 g/mol. The molecule has 1 atom stereocenters. The van der Waals surface area contributed by atoms with E-state index < -0.39 is 0 Å². The van der Waals surface area contributed by atoms with E-state index in [4.69, 9.17) is 5.73 Å². The highest BCUT2D eigenvalue weighted by Crippen LogP contribution is 2.03. The Morgan fingerprint density at radius 1 is 1.45 bits per heavy atom. The molecule has 0 aliphatic carbocycles. The maximum atomic E-state index is 10.8. The van der Waals surface area contributed by atoms with Gasteiger partial charge in [0.25, 0.3) is 0 Å². The lowest BCUT2D eigenvalue weighted by molar-refractivity contribution is -0.118. The fourth-order valence-electron chi connectivity index (χ4n) is 0.965. The first-order valence-corrected chi connectivity index (χ1v) is 4.44. The molecule has 11 heavy (non-hydrogen) atoms. The third-order valence-corrected chi connectivity index (χ3v) is 1.76. The van der Waals surface area contributed by atoms with Crippen LogP contribution in [0.25, 0.3) is 0 Å². The van der Waals surface area contributed by atoms with Crippen LogP contribution in [0.1, 0.15) is 46.0 Å². The summed E-state index contributed by atoms with van der Waals surface area (Å²) < 4.78 is 0. The van der Waals surface area contributed by atoms with Crippen molar-refractivity contribution >= 4 is 5.78 Å². The van der Waals surface area contributed by atoms with Crippen molar-refractivity contribution in [2.24, 2.45) is 5.73 Å². The second-order valence-corrected chi connectivity index (χ2v) is 3.12. The molecule has 0 aromatic rings. The van der Waals surface area contributed by atoms with Crippen molar-refractivity contribution in [1.29, 1.82) is 0 Å². The van der Waals surface area contributed by atoms with Gasteiger partial charge in [0.2, 0.25) is 0 Å². The number of carbonyl (C=O) groups excluding carboxylic acids is 1. The van der Waals surface area contributed by atoms with Crippen molar-refractivity contribution in [2.75, 3.05) is 0 Å². The molecular weight excluding hydrogens is 138 g/mol. The third-order valence-electron chi connectivity index (χ3n) is 1.76. The molecule has 0 heterocycles. The summed E-state index contributed by atoms with van der Waals surface area (Å²) in [6.07, 6.45) is 4.55. The molecule has 0 amide bonds. The van der Waals surface area contributed by atoms with Crippen LogP contribution < -0.4 is 5.73 Å². The molecule has 0 fully saturated rings. The van der Waals surface area contributed by atoms with E-state index in [-0.39, 0.29) is 6.04 Å². The summed E-state index contributed by atoms with van der Waals surface area (Å²) in [5.74, 6) is 0.370. The van der Waals surface area contributed by atoms with Crippen molar-refractivity contribution in [2.45, 2.75) is 52.0 Å². The molecular formula is C9H19NO. The van der Waals surface area contributed by atoms with Crippen LogP contribution in [0.3, 0.4) is 0 Å². The fraction of sp³-hybridized carbons (Fsp3) is 0.889. The lowest BCUT2D eigenvalue weighted by Crippen LogP contribution is -2.14. The van der Waals surface area contributed by atoms with E-state index in [9.17, 15) is 4.79 Å². The van der Waals surface area contributed by atoms with Gasteiger partial charge >= 0.3 is 0 Å². The normalized spacial score (nSPS) is 13.0. The molecule has 66 valence electrons. The Kier molecular flexibility index (Phi) is 6.13. The van der Waals surface area contributed by atoms with Gasteiger partial charge in [-0.25, -0.2) is 0 Å². The lowest BCUT2D eigenvalue weighted by Gasteiger charge is -2.02. The van der Waals surface area contributed by atoms with Gasteiger partial charge in [-0.15, -0.1) is 0 Å². The molecule has 0 aliphatic rings. The second kappa shape index (κ2) is 6.35. The number of nitrogens with two attached hydrogens (primary N) is 1. The predicted octanol–water partition coefficient (Wildman–Crippen LogP) is 1.87. The molecule has 0 saturated carbocycles. The van der Waals surface area contributed by atoms with Gasteiger partial charge in [0, 0.05) is 18.9 Å². The van der Waals surface area contributed by atoms with Crippen LogP contribution in [0.4, 0.5) is 0 Å². The summed E-state index contributed by atoms with van der Waals surface area (Å²) >= 11 is 0. The third kappa shape index (κ3) is 7.53. The minimum absolute atomic E-state index is 0.284. The van der Waals surface area contributed by atoms with Crippen LogP contribution in [0.5, 0.6) is 0 Å². The monoisotopic (exact) mass is 157 g/mol. The Morgan fingerprint density at radius 3 is 2.55 bits per heavy atom. The maximum Gasteiger partial charge on any atom is 0.132 e. The zero-order valence-corrected chi connectivity index (χ0v) is 7.60. The van der Waals surface area contributed by atoms with E-state index >= 15 is 0 Å². The van der Waals surface area contributed by atoms with Crippen molar-refractivity contribution in [1.82, 2.24) is 0 Å². The van der Waals surface area contributed by atoms with Gasteiger partial charge in [-0.3, -0.25) is 4.79 Å². The number of hydrogen-bond donors (Lipinski definition) is 1. The molecule has 1 unspecified atom stereocenters. The first-order chi connectivity index (χ1) is 5.16. The molecule has 0 aromatic heterocycles. The quantitative estimate of drug-likeness (QED) is 0.598. The maximum absolute atomic E-state index is 10.8. The van der Waals surface area contributed by atoms with Crippen LogP contribution in [0, 0.1) is 0 Å². The van der Waals surface area contributed by atoms with E-state index in [2.05, 4.69) is 0 Å². The zero-order chi connectivity index (χ0) is 8.69. The summed E-state index contributed by atoms with van der Waals surface area (Å²) in [5.41, 5.74) is 5.56. The second-order valence-electron chi connectivity index (χ2n) is 3.12. The molecule has 0 rings (SSSR count). The van der Waals surface area contributed by atoms with E-state index in [0.29, 0.717) is 12.2 Å². The topological polar surface area (TPSA) is 43.1 Å². The van der Waals surface area contributed by atoms with Crippen molar-refractivity contribution in [3.05, 3.63) is 0 Å². The summed E-state index contributed by atoms with van der Waals surface area (Å²) in [4.78, 5) is 10.8. The number of Topliss-reactive ketones (excluding diaryl/α,β-unsaturated/α-hetero) is 1. The van der Waals surface area contributed by atoms with E-state index in [1.165, 1.54) is 0 Å². The Labute approximate surface area is 69.2 Å². The Bertz CT molecular complexity index is 110. The molecule has 0 saturated heterocycles. The van der Waals surface area contributed by atoms with Crippen LogP contribution in [0.15, 0.2) is 0 Å². The van der Waals surface area contributed by atoms with Crippen molar-refractivity contribution in [3.8, 4) is 0 Å². The minimum Gasteiger partial charge on any atom is -0.328 e. The SMILES string of the molecule is CCC(=O)CCCCC(C)N. The molecule has 0 radical (unpaired) electrons. The summed E-state index contributed by atoms with van der Waals surface area (Å²) in [7, 11) is 0. The highest BCUT2D eigenvalue weighted by molar-refractivity contribution is 5.77. The summed E-state index contributed by atoms with van der Waals surface area (Å²) in [6, 6.07) is 0.284. The van der Waals surface area contributed by atoms with E-state index in [0.717, 1.165) is 25.7 Å². The first-order valence-electron chi connectivity index (χ1n) is 4.44. The van der Waals surface area contributed by atoms with Gasteiger partial charge in [-0.2, -0.15) is 0 Å². The van der Waals surface area contributed by atoms with E-state index in [1.54, 1.807) is 0 Å². The predicted molar refractivity (Wildman–Crippen MR) is 47.4 cm³/mol. The summed E-state index contributed by atoms with van der Waals surface area (Å²) in [5, 5.41) is 0. The van der Waals surface area contributed by atoms with Crippen molar-refractivity contribution < 1.29 is 4.79 Å². The largest absolute Gasteiger partial charge is 0.328 e. The van der Waals surface area contributed by atoms with Gasteiger partial charge in [0.05, 0.1) is 0 Å². The van der Waals surface area contributed by atoms with Crippen molar-refractivity contribution in [3.63, 3.8) is 0 Å². The van der Waals surface area contributed by atoms with Crippen LogP contribution >= 0.6 is 0 Å². The average Bonchev–Trinajstić information content (AvgIpc) is 1.97. The molecule has 2 nitrogen and oxygen atoms in total. The Hall–Kier alpha value is -0.370. The smallest absolute Gasteiger partial charge is 0.132 e. The van der Waals surface area contributed by atoms with Gasteiger partial charge < -0.3 is 5.73 Å².